The molecule has 0 saturated carbocycles. The molecule has 270 valence electrons. The highest BCUT2D eigenvalue weighted by atomic mass is 14.9. The predicted molar refractivity (Wildman–Crippen MR) is 238 cm³/mol. The number of nitrogens with zero attached hydrogens (tertiary/aromatic N) is 5. The summed E-state index contributed by atoms with van der Waals surface area (Å²) in [5.74, 6) is 1.35. The van der Waals surface area contributed by atoms with Gasteiger partial charge in [-0.1, -0.05) is 152 Å². The molecule has 0 aliphatic rings. The van der Waals surface area contributed by atoms with Crippen LogP contribution in [0.2, 0.25) is 0 Å². The molecule has 11 rings (SSSR count). The molecule has 0 spiro atoms. The predicted octanol–water partition coefficient (Wildman–Crippen LogP) is 13.3. The quantitative estimate of drug-likeness (QED) is 0.159. The standard InChI is InChI=1S/C53H33N5/c1-3-13-36(14-4-1)50-45-27-26-35-23-24-40(31-46(35)51(45)58-52(57-50)37-15-5-2-6-16-37)39-19-11-20-43(29-39)53-55-48(42-25-22-34-12-7-8-17-38(34)28-42)32-49(56-53)44-30-41-18-9-10-21-47(41)54-33-44/h1-33H. The fourth-order valence-corrected chi connectivity index (χ4v) is 7.89. The molecule has 0 aliphatic carbocycles. The van der Waals surface area contributed by atoms with Crippen molar-refractivity contribution in [1.82, 2.24) is 24.9 Å². The van der Waals surface area contributed by atoms with Gasteiger partial charge in [0.05, 0.1) is 28.1 Å². The van der Waals surface area contributed by atoms with E-state index in [1.54, 1.807) is 0 Å². The average Bonchev–Trinajstić information content (AvgIpc) is 3.31. The molecule has 11 aromatic rings. The van der Waals surface area contributed by atoms with Gasteiger partial charge in [-0.15, -0.1) is 0 Å². The summed E-state index contributed by atoms with van der Waals surface area (Å²) in [6, 6.07) is 67.4. The monoisotopic (exact) mass is 739 g/mol. The first kappa shape index (κ1) is 33.4. The number of aromatic nitrogens is 5. The lowest BCUT2D eigenvalue weighted by molar-refractivity contribution is 1.18. The summed E-state index contributed by atoms with van der Waals surface area (Å²) in [6.45, 7) is 0. The summed E-state index contributed by atoms with van der Waals surface area (Å²) in [5, 5.41) is 6.61. The first-order valence-electron chi connectivity index (χ1n) is 19.4. The van der Waals surface area contributed by atoms with Gasteiger partial charge in [0, 0.05) is 50.2 Å². The van der Waals surface area contributed by atoms with E-state index in [0.29, 0.717) is 11.6 Å². The Balaban J connectivity index is 1.07. The Kier molecular flexibility index (Phi) is 8.07. The van der Waals surface area contributed by atoms with Gasteiger partial charge in [-0.3, -0.25) is 4.98 Å². The highest BCUT2D eigenvalue weighted by Gasteiger charge is 2.16. The number of hydrogen-bond acceptors (Lipinski definition) is 5. The van der Waals surface area contributed by atoms with E-state index in [-0.39, 0.29) is 0 Å². The molecule has 58 heavy (non-hydrogen) atoms. The van der Waals surface area contributed by atoms with Gasteiger partial charge in [0.15, 0.2) is 11.6 Å². The zero-order valence-electron chi connectivity index (χ0n) is 31.3. The lowest BCUT2D eigenvalue weighted by Crippen LogP contribution is -1.97. The Labute approximate surface area is 335 Å². The molecule has 0 aliphatic heterocycles. The fraction of sp³-hybridized carbons (Fsp3) is 0. The van der Waals surface area contributed by atoms with Crippen molar-refractivity contribution in [3.05, 3.63) is 200 Å². The first-order chi connectivity index (χ1) is 28.7. The maximum absolute atomic E-state index is 5.24. The van der Waals surface area contributed by atoms with Crippen molar-refractivity contribution in [1.29, 1.82) is 0 Å². The number of pyridine rings is 1. The molecule has 0 saturated heterocycles. The molecule has 0 unspecified atom stereocenters. The molecule has 5 nitrogen and oxygen atoms in total. The molecule has 0 atom stereocenters. The number of fused-ring (bicyclic) bond motifs is 5. The van der Waals surface area contributed by atoms with Crippen molar-refractivity contribution in [2.45, 2.75) is 0 Å². The van der Waals surface area contributed by atoms with Gasteiger partial charge in [-0.2, -0.15) is 0 Å². The van der Waals surface area contributed by atoms with Gasteiger partial charge in [0.25, 0.3) is 0 Å². The van der Waals surface area contributed by atoms with Crippen LogP contribution in [0.25, 0.3) is 111 Å². The van der Waals surface area contributed by atoms with Crippen molar-refractivity contribution >= 4 is 43.4 Å². The summed E-state index contributed by atoms with van der Waals surface area (Å²) in [6.07, 6.45) is 1.91. The Bertz CT molecular complexity index is 3250. The zero-order valence-corrected chi connectivity index (χ0v) is 31.3. The second kappa shape index (κ2) is 14.0. The van der Waals surface area contributed by atoms with Gasteiger partial charge in [0.2, 0.25) is 0 Å². The minimum Gasteiger partial charge on any atom is -0.256 e. The molecular formula is C53H33N5. The van der Waals surface area contributed by atoms with E-state index in [1.807, 2.05) is 48.7 Å². The molecule has 0 radical (unpaired) electrons. The van der Waals surface area contributed by atoms with Crippen LogP contribution in [0.5, 0.6) is 0 Å². The van der Waals surface area contributed by atoms with E-state index < -0.39 is 0 Å². The molecule has 3 heterocycles. The van der Waals surface area contributed by atoms with E-state index >= 15 is 0 Å². The smallest absolute Gasteiger partial charge is 0.160 e. The van der Waals surface area contributed by atoms with Gasteiger partial charge in [-0.25, -0.2) is 19.9 Å². The van der Waals surface area contributed by atoms with Crippen LogP contribution in [0.4, 0.5) is 0 Å². The van der Waals surface area contributed by atoms with Gasteiger partial charge in [-0.05, 0) is 69.8 Å². The fourth-order valence-electron chi connectivity index (χ4n) is 7.89. The van der Waals surface area contributed by atoms with Crippen LogP contribution in [0.1, 0.15) is 0 Å². The Morgan fingerprint density at radius 1 is 0.293 bits per heavy atom. The van der Waals surface area contributed by atoms with Gasteiger partial charge >= 0.3 is 0 Å². The molecule has 0 fully saturated rings. The van der Waals surface area contributed by atoms with Crippen molar-refractivity contribution < 1.29 is 0 Å². The number of rotatable bonds is 6. The largest absolute Gasteiger partial charge is 0.256 e. The van der Waals surface area contributed by atoms with Crippen LogP contribution in [0, 0.1) is 0 Å². The van der Waals surface area contributed by atoms with Crippen molar-refractivity contribution in [3.8, 4) is 67.7 Å². The second-order valence-electron chi connectivity index (χ2n) is 14.5. The summed E-state index contributed by atoms with van der Waals surface area (Å²) >= 11 is 0. The molecule has 3 aromatic heterocycles. The molecular weight excluding hydrogens is 707 g/mol. The Morgan fingerprint density at radius 2 is 0.897 bits per heavy atom. The van der Waals surface area contributed by atoms with E-state index in [9.17, 15) is 0 Å². The maximum atomic E-state index is 5.24. The summed E-state index contributed by atoms with van der Waals surface area (Å²) < 4.78 is 0. The number of para-hydroxylation sites is 1. The zero-order chi connectivity index (χ0) is 38.4. The Morgan fingerprint density at radius 3 is 1.74 bits per heavy atom. The maximum Gasteiger partial charge on any atom is 0.160 e. The van der Waals surface area contributed by atoms with E-state index in [4.69, 9.17) is 24.9 Å². The second-order valence-corrected chi connectivity index (χ2v) is 14.5. The molecule has 8 aromatic carbocycles. The summed E-state index contributed by atoms with van der Waals surface area (Å²) in [4.78, 5) is 25.6. The third-order valence-corrected chi connectivity index (χ3v) is 10.9. The third-order valence-electron chi connectivity index (χ3n) is 10.9. The first-order valence-corrected chi connectivity index (χ1v) is 19.4. The highest BCUT2D eigenvalue weighted by molar-refractivity contribution is 6.11. The van der Waals surface area contributed by atoms with Crippen LogP contribution < -0.4 is 0 Å². The van der Waals surface area contributed by atoms with E-state index in [0.717, 1.165) is 94.0 Å². The SMILES string of the molecule is c1ccc(-c2nc(-c3ccccc3)c3ccc4ccc(-c5cccc(-c6nc(-c7ccc8ccccc8c7)cc(-c7cnc8ccccc8c7)n6)c5)cc4c3n2)cc1. The van der Waals surface area contributed by atoms with Gasteiger partial charge < -0.3 is 0 Å². The van der Waals surface area contributed by atoms with Crippen LogP contribution in [0.3, 0.4) is 0 Å². The third kappa shape index (κ3) is 6.12. The summed E-state index contributed by atoms with van der Waals surface area (Å²) in [7, 11) is 0. The minimum atomic E-state index is 0.648. The summed E-state index contributed by atoms with van der Waals surface area (Å²) in [5.41, 5.74) is 11.5. The normalized spacial score (nSPS) is 11.4. The van der Waals surface area contributed by atoms with Crippen molar-refractivity contribution in [2.75, 3.05) is 0 Å². The number of hydrogen-bond donors (Lipinski definition) is 0. The molecule has 5 heteroatoms. The minimum absolute atomic E-state index is 0.648. The van der Waals surface area contributed by atoms with Crippen LogP contribution in [-0.2, 0) is 0 Å². The van der Waals surface area contributed by atoms with E-state index in [2.05, 4.69) is 152 Å². The average molecular weight is 740 g/mol. The van der Waals surface area contributed by atoms with Crippen LogP contribution in [-0.4, -0.2) is 24.9 Å². The number of benzene rings is 8. The topological polar surface area (TPSA) is 64.5 Å². The lowest BCUT2D eigenvalue weighted by atomic mass is 9.96. The Hall–Kier alpha value is -7.89. The highest BCUT2D eigenvalue weighted by Crippen LogP contribution is 2.37. The molecule has 0 bridgehead atoms. The lowest BCUT2D eigenvalue weighted by Gasteiger charge is -2.13. The van der Waals surface area contributed by atoms with Crippen LogP contribution in [0.15, 0.2) is 200 Å². The molecule has 0 amide bonds. The molecule has 0 N–H and O–H groups in total. The van der Waals surface area contributed by atoms with Crippen molar-refractivity contribution in [2.24, 2.45) is 0 Å². The van der Waals surface area contributed by atoms with E-state index in [1.165, 1.54) is 5.39 Å². The van der Waals surface area contributed by atoms with Crippen LogP contribution >= 0.6 is 0 Å². The van der Waals surface area contributed by atoms with Crippen molar-refractivity contribution in [3.63, 3.8) is 0 Å². The van der Waals surface area contributed by atoms with Gasteiger partial charge in [0.1, 0.15) is 0 Å².